The van der Waals surface area contributed by atoms with Crippen LogP contribution in [0.1, 0.15) is 23.2 Å². The normalized spacial score (nSPS) is 26.8. The van der Waals surface area contributed by atoms with Crippen molar-refractivity contribution in [2.75, 3.05) is 13.2 Å². The smallest absolute Gasteiger partial charge is 0.255 e. The number of aromatic nitrogens is 1. The van der Waals surface area contributed by atoms with Crippen molar-refractivity contribution in [2.24, 2.45) is 0 Å². The minimum absolute atomic E-state index is 0.0482. The van der Waals surface area contributed by atoms with Gasteiger partial charge in [-0.2, -0.15) is 11.3 Å². The number of nitrogens with zero attached hydrogens (tertiary/aromatic N) is 2. The van der Waals surface area contributed by atoms with Gasteiger partial charge in [0.2, 0.25) is 5.88 Å². The molecule has 2 aliphatic rings. The highest BCUT2D eigenvalue weighted by Gasteiger charge is 2.45. The summed E-state index contributed by atoms with van der Waals surface area (Å²) in [5.41, 5.74) is 0.768. The lowest BCUT2D eigenvalue weighted by molar-refractivity contribution is -0.0793. The molecule has 120 valence electrons. The molecule has 2 fully saturated rings. The summed E-state index contributed by atoms with van der Waals surface area (Å²) in [4.78, 5) is 18.9. The van der Waals surface area contributed by atoms with Crippen LogP contribution in [0.4, 0.5) is 0 Å². The fourth-order valence-electron chi connectivity index (χ4n) is 3.42. The van der Waals surface area contributed by atoms with Gasteiger partial charge >= 0.3 is 0 Å². The van der Waals surface area contributed by atoms with Gasteiger partial charge in [-0.15, -0.1) is 0 Å². The summed E-state index contributed by atoms with van der Waals surface area (Å²) in [6.45, 7) is 1.20. The van der Waals surface area contributed by atoms with Gasteiger partial charge in [0.15, 0.2) is 0 Å². The molecule has 0 spiro atoms. The van der Waals surface area contributed by atoms with E-state index in [4.69, 9.17) is 9.47 Å². The minimum Gasteiger partial charge on any atom is -0.471 e. The van der Waals surface area contributed by atoms with Crippen molar-refractivity contribution in [1.82, 2.24) is 9.88 Å². The minimum atomic E-state index is -0.0756. The number of rotatable bonds is 3. The topological polar surface area (TPSA) is 51.7 Å². The van der Waals surface area contributed by atoms with E-state index in [1.54, 1.807) is 17.5 Å². The molecule has 1 saturated carbocycles. The number of carbonyl (C=O) groups excluding carboxylic acids is 1. The molecule has 5 nitrogen and oxygen atoms in total. The monoisotopic (exact) mass is 330 g/mol. The third-order valence-corrected chi connectivity index (χ3v) is 5.16. The highest BCUT2D eigenvalue weighted by Crippen LogP contribution is 2.33. The fourth-order valence-corrected chi connectivity index (χ4v) is 4.05. The first-order chi connectivity index (χ1) is 11.3. The lowest BCUT2D eigenvalue weighted by Gasteiger charge is -2.38. The molecule has 0 N–H and O–H groups in total. The number of thiophene rings is 1. The molecule has 23 heavy (non-hydrogen) atoms. The van der Waals surface area contributed by atoms with Gasteiger partial charge in [-0.3, -0.25) is 4.79 Å². The fraction of sp³-hybridized carbons (Fsp3) is 0.412. The summed E-state index contributed by atoms with van der Waals surface area (Å²) in [5.74, 6) is 0.714. The Kier molecular flexibility index (Phi) is 4.01. The Balaban J connectivity index is 1.49. The largest absolute Gasteiger partial charge is 0.471 e. The number of morpholine rings is 1. The Labute approximate surface area is 138 Å². The third kappa shape index (κ3) is 2.84. The first-order valence-electron chi connectivity index (χ1n) is 7.85. The van der Waals surface area contributed by atoms with Crippen molar-refractivity contribution in [2.45, 2.75) is 31.1 Å². The van der Waals surface area contributed by atoms with Crippen LogP contribution in [-0.2, 0) is 4.74 Å². The number of hydrogen-bond donors (Lipinski definition) is 0. The molecule has 6 heteroatoms. The van der Waals surface area contributed by atoms with E-state index in [-0.39, 0.29) is 24.2 Å². The maximum atomic E-state index is 12.7. The molecule has 1 aliphatic carbocycles. The van der Waals surface area contributed by atoms with E-state index in [1.165, 1.54) is 0 Å². The molecule has 1 saturated heterocycles. The summed E-state index contributed by atoms with van der Waals surface area (Å²) in [7, 11) is 0. The zero-order valence-corrected chi connectivity index (χ0v) is 13.4. The molecule has 3 atom stereocenters. The average Bonchev–Trinajstić information content (AvgIpc) is 3.25. The molecule has 0 aromatic carbocycles. The number of amides is 1. The predicted molar refractivity (Wildman–Crippen MR) is 86.8 cm³/mol. The Morgan fingerprint density at radius 1 is 1.35 bits per heavy atom. The summed E-state index contributed by atoms with van der Waals surface area (Å²) in [6, 6.07) is 7.59. The van der Waals surface area contributed by atoms with Gasteiger partial charge < -0.3 is 14.4 Å². The Hall–Kier alpha value is -1.92. The highest BCUT2D eigenvalue weighted by atomic mass is 32.1. The molecule has 0 radical (unpaired) electrons. The molecule has 0 unspecified atom stereocenters. The van der Waals surface area contributed by atoms with Crippen molar-refractivity contribution in [3.05, 3.63) is 46.8 Å². The third-order valence-electron chi connectivity index (χ3n) is 4.47. The molecule has 0 bridgehead atoms. The van der Waals surface area contributed by atoms with Gasteiger partial charge in [0.05, 0.1) is 18.2 Å². The number of ether oxygens (including phenoxy) is 2. The number of hydrogen-bond acceptors (Lipinski definition) is 5. The average molecular weight is 330 g/mol. The van der Waals surface area contributed by atoms with Crippen molar-refractivity contribution >= 4 is 17.2 Å². The Bertz CT molecular complexity index is 662. The van der Waals surface area contributed by atoms with E-state index in [9.17, 15) is 4.79 Å². The Morgan fingerprint density at radius 2 is 2.30 bits per heavy atom. The van der Waals surface area contributed by atoms with E-state index < -0.39 is 0 Å². The van der Waals surface area contributed by atoms with E-state index in [0.29, 0.717) is 19.0 Å². The standard InChI is InChI=1S/C17H18N2O3S/c20-17(12-6-10-23-11-12)19-8-9-21-16-13(19)4-5-14(16)22-15-3-1-2-7-18-15/h1-3,6-7,10-11,13-14,16H,4-5,8-9H2/t13-,14+,16+/m0/s1. The zero-order chi connectivity index (χ0) is 15.6. The summed E-state index contributed by atoms with van der Waals surface area (Å²) < 4.78 is 11.9. The van der Waals surface area contributed by atoms with E-state index in [2.05, 4.69) is 4.98 Å². The molecule has 3 heterocycles. The lowest BCUT2D eigenvalue weighted by atomic mass is 10.1. The van der Waals surface area contributed by atoms with Crippen LogP contribution in [0.2, 0.25) is 0 Å². The van der Waals surface area contributed by atoms with E-state index in [0.717, 1.165) is 18.4 Å². The second-order valence-corrected chi connectivity index (χ2v) is 6.59. The molecular weight excluding hydrogens is 312 g/mol. The maximum absolute atomic E-state index is 12.7. The lowest BCUT2D eigenvalue weighted by Crippen LogP contribution is -2.54. The van der Waals surface area contributed by atoms with Crippen LogP contribution in [0.25, 0.3) is 0 Å². The summed E-state index contributed by atoms with van der Waals surface area (Å²) in [5, 5.41) is 3.84. The second kappa shape index (κ2) is 6.29. The van der Waals surface area contributed by atoms with Crippen molar-refractivity contribution in [3.8, 4) is 5.88 Å². The van der Waals surface area contributed by atoms with Crippen molar-refractivity contribution in [3.63, 3.8) is 0 Å². The highest BCUT2D eigenvalue weighted by molar-refractivity contribution is 7.08. The molecule has 1 amide bonds. The first kappa shape index (κ1) is 14.7. The molecule has 1 aliphatic heterocycles. The van der Waals surface area contributed by atoms with Crippen LogP contribution in [0.15, 0.2) is 41.2 Å². The molecule has 4 rings (SSSR count). The predicted octanol–water partition coefficient (Wildman–Crippen LogP) is 2.59. The molecule has 2 aromatic rings. The zero-order valence-electron chi connectivity index (χ0n) is 12.6. The quantitative estimate of drug-likeness (QED) is 0.868. The van der Waals surface area contributed by atoms with Crippen molar-refractivity contribution in [1.29, 1.82) is 0 Å². The van der Waals surface area contributed by atoms with E-state index in [1.807, 2.05) is 39.9 Å². The van der Waals surface area contributed by atoms with Crippen molar-refractivity contribution < 1.29 is 14.3 Å². The summed E-state index contributed by atoms with van der Waals surface area (Å²) in [6.07, 6.45) is 3.37. The number of fused-ring (bicyclic) bond motifs is 1. The Morgan fingerprint density at radius 3 is 3.09 bits per heavy atom. The molecule has 2 aromatic heterocycles. The van der Waals surface area contributed by atoms with Crippen LogP contribution in [0, 0.1) is 0 Å². The van der Waals surface area contributed by atoms with Crippen LogP contribution >= 0.6 is 11.3 Å². The number of pyridine rings is 1. The van der Waals surface area contributed by atoms with Gasteiger partial charge in [0, 0.05) is 24.2 Å². The van der Waals surface area contributed by atoms with Crippen LogP contribution in [-0.4, -0.2) is 47.2 Å². The second-order valence-electron chi connectivity index (χ2n) is 5.81. The van der Waals surface area contributed by atoms with E-state index >= 15 is 0 Å². The van der Waals surface area contributed by atoms with Gasteiger partial charge in [-0.1, -0.05) is 6.07 Å². The van der Waals surface area contributed by atoms with Gasteiger partial charge in [-0.25, -0.2) is 4.98 Å². The SMILES string of the molecule is O=C(c1ccsc1)N1CCO[C@H]2[C@H](Oc3ccccn3)CC[C@@H]21. The van der Waals surface area contributed by atoms with Crippen LogP contribution in [0.5, 0.6) is 5.88 Å². The van der Waals surface area contributed by atoms with Gasteiger partial charge in [0.1, 0.15) is 12.2 Å². The number of carbonyl (C=O) groups is 1. The summed E-state index contributed by atoms with van der Waals surface area (Å²) >= 11 is 1.55. The van der Waals surface area contributed by atoms with Gasteiger partial charge in [0.25, 0.3) is 5.91 Å². The van der Waals surface area contributed by atoms with Crippen LogP contribution < -0.4 is 4.74 Å². The first-order valence-corrected chi connectivity index (χ1v) is 8.79. The molecular formula is C17H18N2O3S. The van der Waals surface area contributed by atoms with Crippen LogP contribution in [0.3, 0.4) is 0 Å². The maximum Gasteiger partial charge on any atom is 0.255 e. The van der Waals surface area contributed by atoms with Gasteiger partial charge in [-0.05, 0) is 30.4 Å².